The third kappa shape index (κ3) is 5.27. The van der Waals surface area contributed by atoms with Crippen LogP contribution in [0.2, 0.25) is 0 Å². The summed E-state index contributed by atoms with van der Waals surface area (Å²) in [6.07, 6.45) is 0. The molecule has 1 aromatic rings. The Bertz CT molecular complexity index is 647. The predicted octanol–water partition coefficient (Wildman–Crippen LogP) is 0.165. The van der Waals surface area contributed by atoms with Crippen molar-refractivity contribution in [1.29, 1.82) is 5.26 Å². The molecule has 1 aliphatic heterocycles. The number of phenolic OH excluding ortho intramolecular Hbond substituents is 1. The van der Waals surface area contributed by atoms with E-state index in [2.05, 4.69) is 18.4 Å². The lowest BCUT2D eigenvalue weighted by molar-refractivity contribution is -0.904. The molecule has 0 amide bonds. The van der Waals surface area contributed by atoms with Crippen molar-refractivity contribution in [1.82, 2.24) is 5.32 Å². The molecule has 122 valence electrons. The molecule has 7 nitrogen and oxygen atoms in total. The molecule has 1 aliphatic rings. The SMILES string of the molecule is C[N+]1(CC#N)CCNCC1.Cc1cccc(S(=O)(=O)[O-])c1O. The number of nitrogens with zero attached hydrogens (tertiary/aromatic N) is 2. The Morgan fingerprint density at radius 1 is 1.41 bits per heavy atom. The van der Waals surface area contributed by atoms with E-state index in [-0.39, 0.29) is 0 Å². The number of quaternary nitrogens is 1. The van der Waals surface area contributed by atoms with Crippen LogP contribution in [0.1, 0.15) is 5.56 Å². The first-order valence-electron chi connectivity index (χ1n) is 6.85. The van der Waals surface area contributed by atoms with E-state index in [0.29, 0.717) is 12.1 Å². The minimum Gasteiger partial charge on any atom is -0.744 e. The zero-order chi connectivity index (χ0) is 16.8. The van der Waals surface area contributed by atoms with Crippen molar-refractivity contribution < 1.29 is 22.6 Å². The molecule has 0 radical (unpaired) electrons. The molecule has 1 saturated heterocycles. The van der Waals surface area contributed by atoms with E-state index in [1.54, 1.807) is 0 Å². The van der Waals surface area contributed by atoms with Gasteiger partial charge in [-0.1, -0.05) is 12.1 Å². The summed E-state index contributed by atoms with van der Waals surface area (Å²) in [7, 11) is -2.41. The first-order valence-corrected chi connectivity index (χ1v) is 8.26. The Morgan fingerprint density at radius 2 is 2.00 bits per heavy atom. The third-order valence-electron chi connectivity index (χ3n) is 3.58. The number of piperazine rings is 1. The van der Waals surface area contributed by atoms with Gasteiger partial charge in [0.1, 0.15) is 21.9 Å². The number of aryl methyl sites for hydroxylation is 1. The number of benzene rings is 1. The molecule has 1 aromatic carbocycles. The van der Waals surface area contributed by atoms with Crippen LogP contribution in [-0.4, -0.2) is 62.3 Å². The number of nitrogens with one attached hydrogen (secondary N) is 1. The van der Waals surface area contributed by atoms with Gasteiger partial charge in [-0.2, -0.15) is 5.26 Å². The van der Waals surface area contributed by atoms with Gasteiger partial charge in [-0.15, -0.1) is 0 Å². The predicted molar refractivity (Wildman–Crippen MR) is 80.1 cm³/mol. The maximum atomic E-state index is 10.5. The molecule has 0 atom stereocenters. The quantitative estimate of drug-likeness (QED) is 0.454. The zero-order valence-electron chi connectivity index (χ0n) is 12.7. The van der Waals surface area contributed by atoms with Crippen LogP contribution in [0.3, 0.4) is 0 Å². The van der Waals surface area contributed by atoms with Gasteiger partial charge in [-0.25, -0.2) is 8.42 Å². The summed E-state index contributed by atoms with van der Waals surface area (Å²) in [5.74, 6) is -0.465. The average Bonchev–Trinajstić information content (AvgIpc) is 2.42. The molecule has 2 N–H and O–H groups in total. The van der Waals surface area contributed by atoms with E-state index in [1.165, 1.54) is 19.1 Å². The van der Waals surface area contributed by atoms with Crippen molar-refractivity contribution in [3.63, 3.8) is 0 Å². The summed E-state index contributed by atoms with van der Waals surface area (Å²) >= 11 is 0. The monoisotopic (exact) mass is 327 g/mol. The Kier molecular flexibility index (Phi) is 6.32. The summed E-state index contributed by atoms with van der Waals surface area (Å²) < 4.78 is 32.4. The van der Waals surface area contributed by atoms with Gasteiger partial charge in [0, 0.05) is 13.1 Å². The highest BCUT2D eigenvalue weighted by Crippen LogP contribution is 2.25. The van der Waals surface area contributed by atoms with Crippen LogP contribution < -0.4 is 5.32 Å². The second kappa shape index (κ2) is 7.56. The van der Waals surface area contributed by atoms with E-state index in [4.69, 9.17) is 10.4 Å². The maximum Gasteiger partial charge on any atom is 0.166 e. The van der Waals surface area contributed by atoms with Gasteiger partial charge >= 0.3 is 0 Å². The van der Waals surface area contributed by atoms with Crippen molar-refractivity contribution in [2.45, 2.75) is 11.8 Å². The molecular weight excluding hydrogens is 306 g/mol. The van der Waals surface area contributed by atoms with Crippen LogP contribution >= 0.6 is 0 Å². The lowest BCUT2D eigenvalue weighted by Gasteiger charge is -2.35. The van der Waals surface area contributed by atoms with E-state index in [0.717, 1.165) is 36.7 Å². The van der Waals surface area contributed by atoms with Crippen molar-refractivity contribution in [2.75, 3.05) is 39.8 Å². The molecule has 2 rings (SSSR count). The largest absolute Gasteiger partial charge is 0.744 e. The minimum atomic E-state index is -4.56. The second-order valence-electron chi connectivity index (χ2n) is 5.51. The van der Waals surface area contributed by atoms with Crippen molar-refractivity contribution >= 4 is 10.1 Å². The lowest BCUT2D eigenvalue weighted by atomic mass is 10.2. The van der Waals surface area contributed by atoms with Crippen molar-refractivity contribution in [3.8, 4) is 11.8 Å². The molecule has 0 unspecified atom stereocenters. The number of para-hydroxylation sites is 1. The number of aromatic hydroxyl groups is 1. The fourth-order valence-electron chi connectivity index (χ4n) is 2.10. The Labute approximate surface area is 131 Å². The van der Waals surface area contributed by atoms with Gasteiger partial charge in [0.15, 0.2) is 6.54 Å². The van der Waals surface area contributed by atoms with Crippen LogP contribution in [0.5, 0.6) is 5.75 Å². The van der Waals surface area contributed by atoms with Gasteiger partial charge in [-0.3, -0.25) is 0 Å². The number of rotatable bonds is 2. The summed E-state index contributed by atoms with van der Waals surface area (Å²) in [5.41, 5.74) is 0.368. The van der Waals surface area contributed by atoms with E-state index >= 15 is 0 Å². The highest BCUT2D eigenvalue weighted by Gasteiger charge is 2.23. The molecule has 0 saturated carbocycles. The Morgan fingerprint density at radius 3 is 2.45 bits per heavy atom. The highest BCUT2D eigenvalue weighted by molar-refractivity contribution is 7.85. The Balaban J connectivity index is 0.000000224. The van der Waals surface area contributed by atoms with Crippen LogP contribution in [0, 0.1) is 18.3 Å². The van der Waals surface area contributed by atoms with Crippen LogP contribution in [0.15, 0.2) is 23.1 Å². The number of likely N-dealkylation sites (N-methyl/N-ethyl adjacent to an activating group) is 1. The number of nitriles is 1. The van der Waals surface area contributed by atoms with Gasteiger partial charge in [-0.05, 0) is 18.6 Å². The van der Waals surface area contributed by atoms with Crippen LogP contribution in [-0.2, 0) is 10.1 Å². The molecule has 0 bridgehead atoms. The van der Waals surface area contributed by atoms with Gasteiger partial charge in [0.05, 0.1) is 25.0 Å². The normalized spacial score (nSPS) is 17.0. The molecule has 1 heterocycles. The van der Waals surface area contributed by atoms with Gasteiger partial charge in [0.2, 0.25) is 0 Å². The molecule has 1 fully saturated rings. The fourth-order valence-corrected chi connectivity index (χ4v) is 2.74. The first kappa shape index (κ1) is 18.4. The molecule has 0 aliphatic carbocycles. The number of phenols is 1. The van der Waals surface area contributed by atoms with E-state index in [9.17, 15) is 13.0 Å². The lowest BCUT2D eigenvalue weighted by Crippen LogP contribution is -2.56. The van der Waals surface area contributed by atoms with Crippen LogP contribution in [0.4, 0.5) is 0 Å². The standard InChI is InChI=1S/C7H14N3.C7H8O4S/c1-10(5-2-8)6-3-9-4-7-10;1-5-3-2-4-6(7(5)8)12(9,10)11/h9H,3-7H2,1H3;2-4,8H,1H3,(H,9,10,11)/q+1;/p-1. The molecule has 22 heavy (non-hydrogen) atoms. The fraction of sp³-hybridized carbons (Fsp3) is 0.500. The smallest absolute Gasteiger partial charge is 0.166 e. The number of hydrogen-bond acceptors (Lipinski definition) is 6. The third-order valence-corrected chi connectivity index (χ3v) is 4.45. The highest BCUT2D eigenvalue weighted by atomic mass is 32.2. The molecule has 8 heteroatoms. The molecule has 0 aromatic heterocycles. The van der Waals surface area contributed by atoms with Crippen LogP contribution in [0.25, 0.3) is 0 Å². The molecule has 0 spiro atoms. The minimum absolute atomic E-state index is 0.368. The molecular formula is C14H21N3O4S. The van der Waals surface area contributed by atoms with E-state index < -0.39 is 20.8 Å². The average molecular weight is 327 g/mol. The summed E-state index contributed by atoms with van der Waals surface area (Å²) in [6.45, 7) is 6.46. The van der Waals surface area contributed by atoms with Crippen molar-refractivity contribution in [3.05, 3.63) is 23.8 Å². The Hall–Kier alpha value is -1.66. The van der Waals surface area contributed by atoms with Crippen molar-refractivity contribution in [2.24, 2.45) is 0 Å². The van der Waals surface area contributed by atoms with E-state index in [1.807, 2.05) is 0 Å². The summed E-state index contributed by atoms with van der Waals surface area (Å²) in [6, 6.07) is 6.22. The number of hydrogen-bond donors (Lipinski definition) is 2. The maximum absolute atomic E-state index is 10.5. The second-order valence-corrected chi connectivity index (χ2v) is 6.86. The summed E-state index contributed by atoms with van der Waals surface area (Å²) in [5, 5.41) is 20.9. The topological polar surface area (TPSA) is 113 Å². The summed E-state index contributed by atoms with van der Waals surface area (Å²) in [4.78, 5) is -0.567. The van der Waals surface area contributed by atoms with Gasteiger partial charge in [0.25, 0.3) is 0 Å². The zero-order valence-corrected chi connectivity index (χ0v) is 13.6. The first-order chi connectivity index (χ1) is 10.2. The van der Waals surface area contributed by atoms with Gasteiger partial charge < -0.3 is 19.5 Å².